The lowest BCUT2D eigenvalue weighted by Gasteiger charge is -1.94. The summed E-state index contributed by atoms with van der Waals surface area (Å²) in [5.41, 5.74) is -0.133. The highest BCUT2D eigenvalue weighted by atomic mass is 16.3. The predicted molar refractivity (Wildman–Crippen MR) is 34.7 cm³/mol. The molecule has 0 radical (unpaired) electrons. The molecule has 0 atom stereocenters. The molecule has 0 amide bonds. The van der Waals surface area contributed by atoms with Crippen molar-refractivity contribution in [2.75, 3.05) is 0 Å². The van der Waals surface area contributed by atoms with Crippen LogP contribution in [0.4, 0.5) is 5.82 Å². The van der Waals surface area contributed by atoms with Gasteiger partial charge in [-0.25, -0.2) is 4.79 Å². The van der Waals surface area contributed by atoms with Gasteiger partial charge in [-0.05, 0) is 0 Å². The second-order valence-electron chi connectivity index (χ2n) is 2.09. The van der Waals surface area contributed by atoms with Crippen molar-refractivity contribution in [3.63, 3.8) is 0 Å². The third-order valence-corrected chi connectivity index (χ3v) is 1.39. The van der Waals surface area contributed by atoms with E-state index in [1.54, 1.807) is 0 Å². The van der Waals surface area contributed by atoms with Crippen molar-refractivity contribution >= 4 is 5.82 Å². The first-order chi connectivity index (χ1) is 5.27. The number of nitrogens with zero attached hydrogens (tertiary/aromatic N) is 3. The largest absolute Gasteiger partial charge is 0.493 e. The van der Waals surface area contributed by atoms with Crippen molar-refractivity contribution in [1.29, 1.82) is 0 Å². The lowest BCUT2D eigenvalue weighted by Crippen LogP contribution is -2.09. The number of azo groups is 1. The maximum absolute atomic E-state index is 10.6. The van der Waals surface area contributed by atoms with Gasteiger partial charge in [0.05, 0.1) is 12.1 Å². The molecule has 0 saturated heterocycles. The van der Waals surface area contributed by atoms with Crippen LogP contribution in [0.5, 0.6) is 5.88 Å². The van der Waals surface area contributed by atoms with Crippen molar-refractivity contribution in [3.8, 4) is 5.88 Å². The van der Waals surface area contributed by atoms with Crippen LogP contribution >= 0.6 is 0 Å². The minimum Gasteiger partial charge on any atom is -0.493 e. The maximum atomic E-state index is 10.6. The molecular weight excluding hydrogens is 148 g/mol. The van der Waals surface area contributed by atoms with Crippen molar-refractivity contribution in [2.45, 2.75) is 6.54 Å². The molecule has 6 nitrogen and oxygen atoms in total. The van der Waals surface area contributed by atoms with Gasteiger partial charge in [0.2, 0.25) is 5.88 Å². The van der Waals surface area contributed by atoms with Gasteiger partial charge in [0.15, 0.2) is 5.82 Å². The SMILES string of the molecule is O=c1nc(O)c2c([nH]1)N=NC2. The Bertz CT molecular complexity index is 381. The molecule has 0 fully saturated rings. The van der Waals surface area contributed by atoms with E-state index in [0.717, 1.165) is 0 Å². The lowest BCUT2D eigenvalue weighted by atomic mass is 10.3. The molecule has 0 saturated carbocycles. The molecule has 0 bridgehead atoms. The fourth-order valence-electron chi connectivity index (χ4n) is 0.882. The Morgan fingerprint density at radius 1 is 1.55 bits per heavy atom. The minimum absolute atomic E-state index is 0.283. The van der Waals surface area contributed by atoms with Crippen molar-refractivity contribution in [2.24, 2.45) is 10.2 Å². The third-order valence-electron chi connectivity index (χ3n) is 1.39. The fourth-order valence-corrected chi connectivity index (χ4v) is 0.882. The molecule has 6 heteroatoms. The Labute approximate surface area is 60.6 Å². The molecule has 0 unspecified atom stereocenters. The van der Waals surface area contributed by atoms with Crippen LogP contribution < -0.4 is 5.69 Å². The summed E-state index contributed by atoms with van der Waals surface area (Å²) < 4.78 is 0. The Balaban J connectivity index is 2.76. The van der Waals surface area contributed by atoms with E-state index in [9.17, 15) is 4.79 Å². The molecule has 56 valence electrons. The molecule has 1 aliphatic heterocycles. The summed E-state index contributed by atoms with van der Waals surface area (Å²) in [6.07, 6.45) is 0. The van der Waals surface area contributed by atoms with Crippen LogP contribution in [0, 0.1) is 0 Å². The third kappa shape index (κ3) is 0.794. The van der Waals surface area contributed by atoms with Crippen LogP contribution in [0.3, 0.4) is 0 Å². The van der Waals surface area contributed by atoms with Gasteiger partial charge in [0.25, 0.3) is 0 Å². The fraction of sp³-hybridized carbons (Fsp3) is 0.200. The lowest BCUT2D eigenvalue weighted by molar-refractivity contribution is 0.444. The number of nitrogens with one attached hydrogen (secondary N) is 1. The molecule has 1 aromatic rings. The van der Waals surface area contributed by atoms with E-state index >= 15 is 0 Å². The second kappa shape index (κ2) is 1.88. The van der Waals surface area contributed by atoms with E-state index in [2.05, 4.69) is 20.2 Å². The van der Waals surface area contributed by atoms with Crippen LogP contribution in [0.15, 0.2) is 15.0 Å². The quantitative estimate of drug-likeness (QED) is 0.551. The highest BCUT2D eigenvalue weighted by Crippen LogP contribution is 2.27. The average molecular weight is 152 g/mol. The summed E-state index contributed by atoms with van der Waals surface area (Å²) in [6, 6.07) is 0. The van der Waals surface area contributed by atoms with E-state index in [1.165, 1.54) is 0 Å². The van der Waals surface area contributed by atoms with Gasteiger partial charge in [0, 0.05) is 0 Å². The van der Waals surface area contributed by atoms with Crippen LogP contribution in [-0.4, -0.2) is 15.1 Å². The molecule has 2 heterocycles. The Morgan fingerprint density at radius 3 is 3.18 bits per heavy atom. The topological polar surface area (TPSA) is 90.7 Å². The first kappa shape index (κ1) is 6.02. The van der Waals surface area contributed by atoms with Crippen molar-refractivity contribution < 1.29 is 5.11 Å². The van der Waals surface area contributed by atoms with E-state index in [-0.39, 0.29) is 12.4 Å². The summed E-state index contributed by atoms with van der Waals surface area (Å²) in [5, 5.41) is 16.3. The maximum Gasteiger partial charge on any atom is 0.349 e. The Hall–Kier alpha value is -1.72. The minimum atomic E-state index is -0.609. The van der Waals surface area contributed by atoms with Gasteiger partial charge < -0.3 is 5.11 Å². The van der Waals surface area contributed by atoms with Gasteiger partial charge in [-0.3, -0.25) is 4.98 Å². The van der Waals surface area contributed by atoms with Gasteiger partial charge in [-0.15, -0.1) is 5.11 Å². The van der Waals surface area contributed by atoms with Gasteiger partial charge in [0.1, 0.15) is 0 Å². The molecule has 11 heavy (non-hydrogen) atoms. The molecule has 1 aliphatic rings. The van der Waals surface area contributed by atoms with E-state index < -0.39 is 5.69 Å². The van der Waals surface area contributed by atoms with E-state index in [4.69, 9.17) is 5.11 Å². The van der Waals surface area contributed by atoms with Crippen molar-refractivity contribution in [3.05, 3.63) is 16.0 Å². The number of hydrogen-bond donors (Lipinski definition) is 2. The molecule has 0 aromatic carbocycles. The standard InChI is InChI=1S/C5H4N4O2/c10-4-2-1-6-9-3(2)7-5(11)8-4/h1H2,(H2,7,8,10,11). The average Bonchev–Trinajstić information content (AvgIpc) is 2.34. The summed E-state index contributed by atoms with van der Waals surface area (Å²) in [6.45, 7) is 0.283. The number of H-pyrrole nitrogens is 1. The number of rotatable bonds is 0. The number of aromatic hydroxyl groups is 1. The monoisotopic (exact) mass is 152 g/mol. The summed E-state index contributed by atoms with van der Waals surface area (Å²) >= 11 is 0. The zero-order valence-corrected chi connectivity index (χ0v) is 5.40. The zero-order chi connectivity index (χ0) is 7.84. The van der Waals surface area contributed by atoms with Crippen LogP contribution in [0.1, 0.15) is 5.56 Å². The summed E-state index contributed by atoms with van der Waals surface area (Å²) in [7, 11) is 0. The molecule has 0 aliphatic carbocycles. The van der Waals surface area contributed by atoms with E-state index in [0.29, 0.717) is 11.4 Å². The van der Waals surface area contributed by atoms with Crippen LogP contribution in [-0.2, 0) is 6.54 Å². The van der Waals surface area contributed by atoms with E-state index in [1.807, 2.05) is 0 Å². The normalized spacial score (nSPS) is 13.5. The summed E-state index contributed by atoms with van der Waals surface area (Å²) in [5.74, 6) is 0.0243. The number of hydrogen-bond acceptors (Lipinski definition) is 5. The highest BCUT2D eigenvalue weighted by Gasteiger charge is 2.14. The van der Waals surface area contributed by atoms with Gasteiger partial charge >= 0.3 is 5.69 Å². The second-order valence-corrected chi connectivity index (χ2v) is 2.09. The molecular formula is C5H4N4O2. The highest BCUT2D eigenvalue weighted by molar-refractivity contribution is 5.44. The smallest absolute Gasteiger partial charge is 0.349 e. The zero-order valence-electron chi connectivity index (χ0n) is 5.40. The molecule has 2 N–H and O–H groups in total. The first-order valence-electron chi connectivity index (χ1n) is 2.97. The summed E-state index contributed by atoms with van der Waals surface area (Å²) in [4.78, 5) is 16.2. The molecule has 0 spiro atoms. The Kier molecular flexibility index (Phi) is 1.03. The predicted octanol–water partition coefficient (Wildman–Crippen LogP) is 0.0728. The Morgan fingerprint density at radius 2 is 2.36 bits per heavy atom. The van der Waals surface area contributed by atoms with Crippen molar-refractivity contribution in [1.82, 2.24) is 9.97 Å². The van der Waals surface area contributed by atoms with Crippen LogP contribution in [0.25, 0.3) is 0 Å². The number of aromatic nitrogens is 2. The number of fused-ring (bicyclic) bond motifs is 1. The first-order valence-corrected chi connectivity index (χ1v) is 2.97. The van der Waals surface area contributed by atoms with Gasteiger partial charge in [-0.2, -0.15) is 10.1 Å². The van der Waals surface area contributed by atoms with Crippen LogP contribution in [0.2, 0.25) is 0 Å². The van der Waals surface area contributed by atoms with Gasteiger partial charge in [-0.1, -0.05) is 0 Å². The molecule has 1 aromatic heterocycles. The number of aromatic amines is 1. The molecule has 2 rings (SSSR count).